The van der Waals surface area contributed by atoms with Crippen LogP contribution in [0.25, 0.3) is 0 Å². The topological polar surface area (TPSA) is 75.7 Å². The smallest absolute Gasteiger partial charge is 0.242 e. The average molecular weight is 338 g/mol. The fourth-order valence-corrected chi connectivity index (χ4v) is 3.50. The molecule has 6 nitrogen and oxygen atoms in total. The largest absolute Gasteiger partial charge is 0.496 e. The van der Waals surface area contributed by atoms with E-state index < -0.39 is 16.1 Å². The van der Waals surface area contributed by atoms with E-state index in [4.69, 9.17) is 4.74 Å². The van der Waals surface area contributed by atoms with Gasteiger partial charge in [0.15, 0.2) is 0 Å². The number of nitrogens with one attached hydrogen (secondary N) is 1. The Hall–Kier alpha value is -1.86. The maximum absolute atomic E-state index is 12.1. The zero-order valence-electron chi connectivity index (χ0n) is 13.4. The molecular formula is C16H22N2O4S. The predicted molar refractivity (Wildman–Crippen MR) is 88.8 cm³/mol. The van der Waals surface area contributed by atoms with Gasteiger partial charge in [0.25, 0.3) is 0 Å². The van der Waals surface area contributed by atoms with Crippen LogP contribution in [0.1, 0.15) is 12.0 Å². The summed E-state index contributed by atoms with van der Waals surface area (Å²) in [5.74, 6) is 0.546. The van der Waals surface area contributed by atoms with Gasteiger partial charge in [0.2, 0.25) is 15.9 Å². The maximum atomic E-state index is 12.1. The van der Waals surface area contributed by atoms with E-state index in [1.807, 2.05) is 24.3 Å². The zero-order valence-corrected chi connectivity index (χ0v) is 14.2. The number of amides is 1. The van der Waals surface area contributed by atoms with Gasteiger partial charge >= 0.3 is 0 Å². The molecule has 2 rings (SSSR count). The van der Waals surface area contributed by atoms with E-state index in [9.17, 15) is 13.2 Å². The van der Waals surface area contributed by atoms with Gasteiger partial charge in [0.05, 0.1) is 13.4 Å². The van der Waals surface area contributed by atoms with E-state index >= 15 is 0 Å². The molecule has 1 amide bonds. The van der Waals surface area contributed by atoms with Gasteiger partial charge in [-0.15, -0.1) is 0 Å². The molecule has 126 valence electrons. The van der Waals surface area contributed by atoms with Crippen molar-refractivity contribution in [1.29, 1.82) is 0 Å². The second-order valence-electron chi connectivity index (χ2n) is 5.41. The van der Waals surface area contributed by atoms with Crippen LogP contribution in [0.15, 0.2) is 36.4 Å². The van der Waals surface area contributed by atoms with Crippen molar-refractivity contribution in [3.8, 4) is 5.75 Å². The minimum absolute atomic E-state index is 0.248. The van der Waals surface area contributed by atoms with E-state index in [2.05, 4.69) is 5.32 Å². The monoisotopic (exact) mass is 338 g/mol. The fraction of sp³-hybridized carbons (Fsp3) is 0.438. The molecule has 0 saturated heterocycles. The van der Waals surface area contributed by atoms with Crippen molar-refractivity contribution >= 4 is 15.9 Å². The van der Waals surface area contributed by atoms with Crippen LogP contribution in [0.2, 0.25) is 0 Å². The summed E-state index contributed by atoms with van der Waals surface area (Å²) in [6.45, 7) is 0.733. The first-order chi connectivity index (χ1) is 10.9. The highest BCUT2D eigenvalue weighted by atomic mass is 32.2. The molecule has 1 N–H and O–H groups in total. The summed E-state index contributed by atoms with van der Waals surface area (Å²) in [6, 6.07) is 7.02. The molecular weight excluding hydrogens is 316 g/mol. The quantitative estimate of drug-likeness (QED) is 0.593. The number of sulfonamides is 1. The van der Waals surface area contributed by atoms with Crippen molar-refractivity contribution < 1.29 is 17.9 Å². The SMILES string of the molecule is COc1ccccc1CCCNC(=O)C1C=CCN1S(C)(=O)=O. The Bertz CT molecular complexity index is 685. The number of methoxy groups -OCH3 is 1. The van der Waals surface area contributed by atoms with Crippen molar-refractivity contribution in [3.63, 3.8) is 0 Å². The van der Waals surface area contributed by atoms with Gasteiger partial charge in [-0.05, 0) is 24.5 Å². The van der Waals surface area contributed by atoms with E-state index in [0.717, 1.165) is 30.4 Å². The summed E-state index contributed by atoms with van der Waals surface area (Å²) in [5.41, 5.74) is 1.09. The first-order valence-corrected chi connectivity index (χ1v) is 9.31. The molecule has 1 aromatic rings. The molecule has 1 aromatic carbocycles. The fourth-order valence-electron chi connectivity index (χ4n) is 2.57. The molecule has 0 bridgehead atoms. The van der Waals surface area contributed by atoms with Crippen molar-refractivity contribution in [2.45, 2.75) is 18.9 Å². The molecule has 1 atom stereocenters. The number of carbonyl (C=O) groups excluding carboxylic acids is 1. The normalized spacial score (nSPS) is 18.1. The van der Waals surface area contributed by atoms with Crippen LogP contribution in [0.3, 0.4) is 0 Å². The summed E-state index contributed by atoms with van der Waals surface area (Å²) in [4.78, 5) is 12.1. The number of carbonyl (C=O) groups is 1. The summed E-state index contributed by atoms with van der Waals surface area (Å²) >= 11 is 0. The van der Waals surface area contributed by atoms with E-state index in [-0.39, 0.29) is 12.5 Å². The number of hydrogen-bond donors (Lipinski definition) is 1. The van der Waals surface area contributed by atoms with Gasteiger partial charge in [-0.1, -0.05) is 30.4 Å². The zero-order chi connectivity index (χ0) is 16.9. The standard InChI is InChI=1S/C16H22N2O4S/c1-22-15-10-4-3-7-13(15)8-5-11-17-16(19)14-9-6-12-18(14)23(2,20)21/h3-4,6-7,9-10,14H,5,8,11-12H2,1-2H3,(H,17,19). The molecule has 0 radical (unpaired) electrons. The molecule has 1 aliphatic rings. The first kappa shape index (κ1) is 17.5. The number of ether oxygens (including phenoxy) is 1. The average Bonchev–Trinajstić information content (AvgIpc) is 3.01. The maximum Gasteiger partial charge on any atom is 0.242 e. The number of nitrogens with zero attached hydrogens (tertiary/aromatic N) is 1. The number of benzene rings is 1. The third kappa shape index (κ3) is 4.56. The van der Waals surface area contributed by atoms with Crippen LogP contribution in [0.4, 0.5) is 0 Å². The third-order valence-electron chi connectivity index (χ3n) is 3.72. The van der Waals surface area contributed by atoms with Crippen molar-refractivity contribution in [2.75, 3.05) is 26.5 Å². The van der Waals surface area contributed by atoms with E-state index in [1.54, 1.807) is 19.3 Å². The highest BCUT2D eigenvalue weighted by Crippen LogP contribution is 2.18. The van der Waals surface area contributed by atoms with Crippen LogP contribution >= 0.6 is 0 Å². The second kappa shape index (κ2) is 7.61. The molecule has 1 heterocycles. The lowest BCUT2D eigenvalue weighted by atomic mass is 10.1. The predicted octanol–water partition coefficient (Wildman–Crippen LogP) is 0.944. The van der Waals surface area contributed by atoms with Gasteiger partial charge in [-0.3, -0.25) is 4.79 Å². The summed E-state index contributed by atoms with van der Waals surface area (Å²) in [6.07, 6.45) is 5.96. The molecule has 1 unspecified atom stereocenters. The summed E-state index contributed by atoms with van der Waals surface area (Å²) in [7, 11) is -1.75. The molecule has 0 aliphatic carbocycles. The number of para-hydroxylation sites is 1. The Morgan fingerprint density at radius 2 is 2.13 bits per heavy atom. The van der Waals surface area contributed by atoms with Crippen molar-refractivity contribution in [3.05, 3.63) is 42.0 Å². The lowest BCUT2D eigenvalue weighted by Crippen LogP contribution is -2.46. The Labute approximate surface area is 137 Å². The van der Waals surface area contributed by atoms with E-state index in [0.29, 0.717) is 6.54 Å². The van der Waals surface area contributed by atoms with Crippen LogP contribution < -0.4 is 10.1 Å². The van der Waals surface area contributed by atoms with Crippen LogP contribution in [-0.4, -0.2) is 51.1 Å². The highest BCUT2D eigenvalue weighted by molar-refractivity contribution is 7.88. The Morgan fingerprint density at radius 1 is 1.39 bits per heavy atom. The Kier molecular flexibility index (Phi) is 5.79. The second-order valence-corrected chi connectivity index (χ2v) is 7.35. The molecule has 0 saturated carbocycles. The number of rotatable bonds is 7. The minimum Gasteiger partial charge on any atom is -0.496 e. The summed E-state index contributed by atoms with van der Waals surface area (Å²) < 4.78 is 29.7. The van der Waals surface area contributed by atoms with Gasteiger partial charge in [-0.2, -0.15) is 4.31 Å². The van der Waals surface area contributed by atoms with Gasteiger partial charge in [-0.25, -0.2) is 8.42 Å². The molecule has 0 aromatic heterocycles. The lowest BCUT2D eigenvalue weighted by Gasteiger charge is -2.21. The minimum atomic E-state index is -3.39. The molecule has 1 aliphatic heterocycles. The molecule has 23 heavy (non-hydrogen) atoms. The number of aryl methyl sites for hydroxylation is 1. The molecule has 0 fully saturated rings. The lowest BCUT2D eigenvalue weighted by molar-refractivity contribution is -0.123. The number of hydrogen-bond acceptors (Lipinski definition) is 4. The van der Waals surface area contributed by atoms with E-state index in [1.165, 1.54) is 4.31 Å². The molecule has 0 spiro atoms. The van der Waals surface area contributed by atoms with Crippen LogP contribution in [0, 0.1) is 0 Å². The van der Waals surface area contributed by atoms with Crippen LogP contribution in [-0.2, 0) is 21.2 Å². The molecule has 7 heteroatoms. The highest BCUT2D eigenvalue weighted by Gasteiger charge is 2.32. The first-order valence-electron chi connectivity index (χ1n) is 7.46. The Morgan fingerprint density at radius 3 is 2.83 bits per heavy atom. The third-order valence-corrected chi connectivity index (χ3v) is 4.95. The van der Waals surface area contributed by atoms with Gasteiger partial charge in [0.1, 0.15) is 11.8 Å². The van der Waals surface area contributed by atoms with Gasteiger partial charge < -0.3 is 10.1 Å². The van der Waals surface area contributed by atoms with Crippen molar-refractivity contribution in [1.82, 2.24) is 9.62 Å². The van der Waals surface area contributed by atoms with Crippen molar-refractivity contribution in [2.24, 2.45) is 0 Å². The van der Waals surface area contributed by atoms with Gasteiger partial charge in [0, 0.05) is 13.1 Å². The Balaban J connectivity index is 1.82. The van der Waals surface area contributed by atoms with Crippen LogP contribution in [0.5, 0.6) is 5.75 Å². The summed E-state index contributed by atoms with van der Waals surface area (Å²) in [5, 5.41) is 2.80.